The van der Waals surface area contributed by atoms with Gasteiger partial charge in [-0.1, -0.05) is 30.3 Å². The van der Waals surface area contributed by atoms with E-state index in [9.17, 15) is 13.6 Å². The molecule has 0 radical (unpaired) electrons. The number of nitrogens with zero attached hydrogens (tertiary/aromatic N) is 3. The number of aromatic nitrogens is 2. The van der Waals surface area contributed by atoms with Crippen molar-refractivity contribution in [2.45, 2.75) is 19.6 Å². The molecule has 7 heteroatoms. The first-order valence-corrected chi connectivity index (χ1v) is 7.14. The van der Waals surface area contributed by atoms with Gasteiger partial charge in [0.15, 0.2) is 0 Å². The van der Waals surface area contributed by atoms with E-state index in [1.165, 1.54) is 18.0 Å². The summed E-state index contributed by atoms with van der Waals surface area (Å²) >= 11 is 0. The Bertz CT molecular complexity index is 644. The van der Waals surface area contributed by atoms with Crippen LogP contribution >= 0.6 is 0 Å². The van der Waals surface area contributed by atoms with Crippen molar-refractivity contribution >= 4 is 5.91 Å². The molecule has 0 saturated carbocycles. The topological polar surface area (TPSA) is 47.4 Å². The van der Waals surface area contributed by atoms with Crippen molar-refractivity contribution in [3.63, 3.8) is 0 Å². The largest absolute Gasteiger partial charge is 0.378 e. The number of carbonyl (C=O) groups is 1. The van der Waals surface area contributed by atoms with Crippen LogP contribution in [0.4, 0.5) is 8.78 Å². The van der Waals surface area contributed by atoms with Crippen LogP contribution in [-0.2, 0) is 24.9 Å². The van der Waals surface area contributed by atoms with E-state index in [1.54, 1.807) is 31.3 Å². The summed E-state index contributed by atoms with van der Waals surface area (Å²) in [5.74, 6) is -0.477. The number of rotatable bonds is 7. The van der Waals surface area contributed by atoms with Crippen LogP contribution in [0.3, 0.4) is 0 Å². The molecule has 2 rings (SSSR count). The Labute approximate surface area is 133 Å². The second-order valence-corrected chi connectivity index (χ2v) is 5.16. The summed E-state index contributed by atoms with van der Waals surface area (Å²) in [5, 5.41) is 4.15. The average Bonchev–Trinajstić information content (AvgIpc) is 2.87. The summed E-state index contributed by atoms with van der Waals surface area (Å²) in [7, 11) is 3.16. The average molecular weight is 323 g/mol. The molecule has 0 unspecified atom stereocenters. The molecule has 1 heterocycles. The zero-order chi connectivity index (χ0) is 16.8. The molecule has 2 aromatic rings. The first-order valence-electron chi connectivity index (χ1n) is 7.14. The van der Waals surface area contributed by atoms with Crippen molar-refractivity contribution in [1.82, 2.24) is 14.7 Å². The number of hydrogen-bond donors (Lipinski definition) is 0. The zero-order valence-corrected chi connectivity index (χ0v) is 13.1. The quantitative estimate of drug-likeness (QED) is 0.786. The first-order chi connectivity index (χ1) is 11.0. The van der Waals surface area contributed by atoms with Gasteiger partial charge in [-0.25, -0.2) is 8.78 Å². The van der Waals surface area contributed by atoms with Crippen molar-refractivity contribution < 1.29 is 18.3 Å². The minimum absolute atomic E-state index is 0.116. The van der Waals surface area contributed by atoms with Crippen molar-refractivity contribution in [1.29, 1.82) is 0 Å². The van der Waals surface area contributed by atoms with Crippen LogP contribution in [-0.4, -0.2) is 40.7 Å². The highest BCUT2D eigenvalue weighted by Gasteiger charge is 2.24. The van der Waals surface area contributed by atoms with Gasteiger partial charge in [-0.2, -0.15) is 5.10 Å². The van der Waals surface area contributed by atoms with E-state index in [4.69, 9.17) is 4.74 Å². The second kappa shape index (κ2) is 7.82. The fourth-order valence-electron chi connectivity index (χ4n) is 2.32. The zero-order valence-electron chi connectivity index (χ0n) is 13.1. The van der Waals surface area contributed by atoms with Gasteiger partial charge in [0.25, 0.3) is 12.3 Å². The maximum Gasteiger partial charge on any atom is 0.257 e. The molecule has 1 aromatic carbocycles. The van der Waals surface area contributed by atoms with Gasteiger partial charge in [-0.15, -0.1) is 0 Å². The predicted octanol–water partition coefficient (Wildman–Crippen LogP) is 2.47. The van der Waals surface area contributed by atoms with Gasteiger partial charge in [0.2, 0.25) is 0 Å². The van der Waals surface area contributed by atoms with Crippen molar-refractivity contribution in [2.75, 3.05) is 13.7 Å². The molecule has 5 nitrogen and oxygen atoms in total. The fourth-order valence-corrected chi connectivity index (χ4v) is 2.32. The lowest BCUT2D eigenvalue weighted by atomic mass is 10.1. The Kier molecular flexibility index (Phi) is 5.81. The van der Waals surface area contributed by atoms with E-state index in [0.29, 0.717) is 5.69 Å². The minimum atomic E-state index is -2.61. The number of hydrogen-bond acceptors (Lipinski definition) is 3. The van der Waals surface area contributed by atoms with Crippen LogP contribution in [0.1, 0.15) is 21.6 Å². The Morgan fingerprint density at radius 2 is 2.04 bits per heavy atom. The highest BCUT2D eigenvalue weighted by molar-refractivity contribution is 5.95. The van der Waals surface area contributed by atoms with Crippen molar-refractivity contribution in [3.8, 4) is 0 Å². The van der Waals surface area contributed by atoms with Crippen LogP contribution in [0.5, 0.6) is 0 Å². The van der Waals surface area contributed by atoms with Gasteiger partial charge in [0.05, 0.1) is 18.7 Å². The van der Waals surface area contributed by atoms with Gasteiger partial charge in [0, 0.05) is 26.9 Å². The lowest BCUT2D eigenvalue weighted by Gasteiger charge is -2.22. The number of halogens is 2. The molecule has 23 heavy (non-hydrogen) atoms. The normalized spacial score (nSPS) is 11.0. The summed E-state index contributed by atoms with van der Waals surface area (Å²) < 4.78 is 32.2. The molecule has 0 bridgehead atoms. The van der Waals surface area contributed by atoms with E-state index in [0.717, 1.165) is 10.5 Å². The highest BCUT2D eigenvalue weighted by Crippen LogP contribution is 2.15. The lowest BCUT2D eigenvalue weighted by Crippen LogP contribution is -2.35. The van der Waals surface area contributed by atoms with Gasteiger partial charge < -0.3 is 9.64 Å². The highest BCUT2D eigenvalue weighted by atomic mass is 19.3. The Morgan fingerprint density at radius 3 is 2.65 bits per heavy atom. The third-order valence-corrected chi connectivity index (χ3v) is 3.28. The monoisotopic (exact) mass is 323 g/mol. The molecule has 0 aliphatic rings. The summed E-state index contributed by atoms with van der Waals surface area (Å²) in [4.78, 5) is 13.8. The summed E-state index contributed by atoms with van der Waals surface area (Å²) in [6.45, 7) is -0.365. The van der Waals surface area contributed by atoms with Gasteiger partial charge in [-0.3, -0.25) is 9.48 Å². The van der Waals surface area contributed by atoms with Crippen LogP contribution in [0.25, 0.3) is 0 Å². The number of ether oxygens (including phenoxy) is 1. The van der Waals surface area contributed by atoms with Crippen LogP contribution in [0.15, 0.2) is 36.5 Å². The second-order valence-electron chi connectivity index (χ2n) is 5.16. The number of carbonyl (C=O) groups excluding carboxylic acids is 1. The van der Waals surface area contributed by atoms with Crippen LogP contribution in [0.2, 0.25) is 0 Å². The molecule has 1 aromatic heterocycles. The predicted molar refractivity (Wildman–Crippen MR) is 81.1 cm³/mol. The molecule has 0 aliphatic carbocycles. The van der Waals surface area contributed by atoms with E-state index in [-0.39, 0.29) is 18.7 Å². The molecule has 1 amide bonds. The Hall–Kier alpha value is -2.28. The molecule has 124 valence electrons. The molecule has 0 aliphatic heterocycles. The standard InChI is InChI=1S/C16H19F2N3O2/c1-20-9-13(14(19-20)11-23-2)16(22)21(10-15(17)18)8-12-6-4-3-5-7-12/h3-7,9,15H,8,10-11H2,1-2H3. The van der Waals surface area contributed by atoms with Gasteiger partial charge in [-0.05, 0) is 5.56 Å². The van der Waals surface area contributed by atoms with Gasteiger partial charge in [0.1, 0.15) is 5.69 Å². The van der Waals surface area contributed by atoms with Gasteiger partial charge >= 0.3 is 0 Å². The number of amides is 1. The SMILES string of the molecule is COCc1nn(C)cc1C(=O)N(Cc1ccccc1)CC(F)F. The molecular weight excluding hydrogens is 304 g/mol. The van der Waals surface area contributed by atoms with Crippen molar-refractivity contribution in [3.05, 3.63) is 53.3 Å². The number of methoxy groups -OCH3 is 1. The lowest BCUT2D eigenvalue weighted by molar-refractivity contribution is 0.0531. The maximum atomic E-state index is 12.9. The summed E-state index contributed by atoms with van der Waals surface area (Å²) in [5.41, 5.74) is 1.51. The van der Waals surface area contributed by atoms with E-state index >= 15 is 0 Å². The fraction of sp³-hybridized carbons (Fsp3) is 0.375. The Morgan fingerprint density at radius 1 is 1.35 bits per heavy atom. The number of alkyl halides is 2. The molecule has 0 spiro atoms. The van der Waals surface area contributed by atoms with E-state index < -0.39 is 18.9 Å². The first kappa shape index (κ1) is 17.1. The van der Waals surface area contributed by atoms with E-state index in [1.807, 2.05) is 6.07 Å². The van der Waals surface area contributed by atoms with Crippen LogP contribution in [0, 0.1) is 0 Å². The summed E-state index contributed by atoms with van der Waals surface area (Å²) in [6, 6.07) is 9.04. The third kappa shape index (κ3) is 4.59. The van der Waals surface area contributed by atoms with Crippen LogP contribution < -0.4 is 0 Å². The molecule has 0 N–H and O–H groups in total. The van der Waals surface area contributed by atoms with E-state index in [2.05, 4.69) is 5.10 Å². The Balaban J connectivity index is 2.26. The maximum absolute atomic E-state index is 12.9. The molecule has 0 atom stereocenters. The number of benzene rings is 1. The molecule has 0 saturated heterocycles. The molecule has 0 fully saturated rings. The summed E-state index contributed by atoms with van der Waals surface area (Å²) in [6.07, 6.45) is -1.08. The van der Waals surface area contributed by atoms with Crippen molar-refractivity contribution in [2.24, 2.45) is 7.05 Å². The molecular formula is C16H19F2N3O2. The third-order valence-electron chi connectivity index (χ3n) is 3.28. The number of aryl methyl sites for hydroxylation is 1. The smallest absolute Gasteiger partial charge is 0.257 e. The minimum Gasteiger partial charge on any atom is -0.378 e.